The van der Waals surface area contributed by atoms with E-state index < -0.39 is 55.6 Å². The number of benzene rings is 3. The molecule has 0 aromatic heterocycles. The highest BCUT2D eigenvalue weighted by molar-refractivity contribution is 5.76. The van der Waals surface area contributed by atoms with Crippen molar-refractivity contribution >= 4 is 12.0 Å². The molecule has 0 aliphatic carbocycles. The zero-order valence-corrected chi connectivity index (χ0v) is 43.6. The van der Waals surface area contributed by atoms with E-state index in [-0.39, 0.29) is 18.3 Å². The fraction of sp³-hybridized carbons (Fsp3) is 0.649. The highest BCUT2D eigenvalue weighted by Gasteiger charge is 2.44. The smallest absolute Gasteiger partial charge is 0.404 e. The van der Waals surface area contributed by atoms with Gasteiger partial charge >= 0.3 is 6.09 Å². The van der Waals surface area contributed by atoms with E-state index in [1.54, 1.807) is 24.3 Å². The number of nitrogens with two attached hydrogens (primary N) is 1. The molecule has 7 atom stereocenters. The monoisotopic (exact) mass is 1010 g/mol. The second kappa shape index (κ2) is 40.1. The molecule has 1 aliphatic heterocycles. The number of nitrogens with one attached hydrogen (secondary N) is 1. The minimum Gasteiger partial charge on any atom is -0.462 e. The Bertz CT molecular complexity index is 1790. The minimum atomic E-state index is -1.43. The van der Waals surface area contributed by atoms with Crippen LogP contribution in [-0.2, 0) is 27.1 Å². The lowest BCUT2D eigenvalue weighted by molar-refractivity contribution is -0.277. The Labute approximate surface area is 429 Å². The van der Waals surface area contributed by atoms with Crippen LogP contribution in [0.25, 0.3) is 0 Å². The van der Waals surface area contributed by atoms with Crippen molar-refractivity contribution in [1.82, 2.24) is 5.32 Å². The van der Waals surface area contributed by atoms with Crippen LogP contribution >= 0.6 is 0 Å². The van der Waals surface area contributed by atoms with Gasteiger partial charge in [0, 0.05) is 13.5 Å². The maximum atomic E-state index is 13.1. The summed E-state index contributed by atoms with van der Waals surface area (Å²) >= 11 is 0. The van der Waals surface area contributed by atoms with Gasteiger partial charge in [0.1, 0.15) is 54.1 Å². The normalized spacial score (nSPS) is 18.1. The van der Waals surface area contributed by atoms with E-state index in [0.29, 0.717) is 24.3 Å². The van der Waals surface area contributed by atoms with Crippen molar-refractivity contribution in [3.63, 3.8) is 0 Å². The molecule has 0 saturated carbocycles. The van der Waals surface area contributed by atoms with Crippen LogP contribution in [0.4, 0.5) is 9.18 Å². The van der Waals surface area contributed by atoms with Gasteiger partial charge in [-0.15, -0.1) is 0 Å². The lowest BCUT2D eigenvalue weighted by Gasteiger charge is -2.39. The number of aryl methyl sites for hydroxylation is 2. The number of carbonyl (C=O) groups excluding carboxylic acids is 2. The first-order valence-electron chi connectivity index (χ1n) is 26.9. The molecule has 1 fully saturated rings. The summed E-state index contributed by atoms with van der Waals surface area (Å²) in [6, 6.07) is 20.7. The first-order valence-corrected chi connectivity index (χ1v) is 26.9. The van der Waals surface area contributed by atoms with Crippen LogP contribution in [0.5, 0.6) is 17.2 Å². The molecule has 0 spiro atoms. The van der Waals surface area contributed by atoms with E-state index in [9.17, 15) is 34.4 Å². The average molecular weight is 1020 g/mol. The molecule has 72 heavy (non-hydrogen) atoms. The quantitative estimate of drug-likeness (QED) is 0.0257. The third-order valence-electron chi connectivity index (χ3n) is 12.8. The summed E-state index contributed by atoms with van der Waals surface area (Å²) < 4.78 is 34.5. The Kier molecular flexibility index (Phi) is 35.5. The minimum absolute atomic E-state index is 0.113. The number of carbonyl (C=O) groups is 2. The van der Waals surface area contributed by atoms with Gasteiger partial charge in [-0.2, -0.15) is 0 Å². The highest BCUT2D eigenvalue weighted by Crippen LogP contribution is 2.26. The van der Waals surface area contributed by atoms with E-state index >= 15 is 0 Å². The largest absolute Gasteiger partial charge is 0.462 e. The summed E-state index contributed by atoms with van der Waals surface area (Å²) in [5.41, 5.74) is 7.58. The molecule has 3 aromatic rings. The Morgan fingerprint density at radius 3 is 1.62 bits per heavy atom. The summed E-state index contributed by atoms with van der Waals surface area (Å²) in [5.74, 6) is 1.44. The first kappa shape index (κ1) is 63.8. The Balaban J connectivity index is 0.000000666. The second-order valence-electron chi connectivity index (χ2n) is 18.7. The molecule has 3 aromatic carbocycles. The predicted molar refractivity (Wildman–Crippen MR) is 280 cm³/mol. The average Bonchev–Trinajstić information content (AvgIpc) is 3.39. The lowest BCUT2D eigenvalue weighted by atomic mass is 9.99. The van der Waals surface area contributed by atoms with Crippen LogP contribution < -0.4 is 20.5 Å². The lowest BCUT2D eigenvalue weighted by Crippen LogP contribution is -2.60. The van der Waals surface area contributed by atoms with Gasteiger partial charge in [-0.05, 0) is 91.8 Å². The Morgan fingerprint density at radius 1 is 0.639 bits per heavy atom. The standard InChI is InChI=1S/C42H67FN2O5.C14H20O6.CH4O/c1-2-3-4-5-6-7-8-9-10-11-15-18-21-24-40(46)39(34-49-42(44)48)45-41(47)25-22-19-16-13-12-14-17-20-23-35-26-30-37(31-27-35)50-38-32-28-36(43)29-33-38;1-2-8-3-5-9(6-4-8)19-14-13(18)12(17)11(16)10(7-15)20-14;1-2/h26-33,39-40,46H,2-25,34H2,1H3,(H2,44,48)(H,45,47);3-6,10-18H,2,7H2,1H3;2H,1H3/t39-,40?;;/m0../s1. The van der Waals surface area contributed by atoms with Gasteiger partial charge in [0.25, 0.3) is 0 Å². The molecule has 1 heterocycles. The van der Waals surface area contributed by atoms with E-state index in [1.807, 2.05) is 31.2 Å². The van der Waals surface area contributed by atoms with Gasteiger partial charge in [0.15, 0.2) is 0 Å². The summed E-state index contributed by atoms with van der Waals surface area (Å²) in [4.78, 5) is 23.8. The molecular weight excluding hydrogens is 924 g/mol. The van der Waals surface area contributed by atoms with Crippen molar-refractivity contribution < 1.29 is 63.6 Å². The number of aliphatic hydroxyl groups is 6. The number of hydrogen-bond acceptors (Lipinski definition) is 12. The Hall–Kier alpha value is -4.35. The molecule has 4 rings (SSSR count). The van der Waals surface area contributed by atoms with Crippen LogP contribution in [0, 0.1) is 5.82 Å². The third kappa shape index (κ3) is 28.2. The molecule has 9 N–H and O–H groups in total. The van der Waals surface area contributed by atoms with E-state index in [1.165, 1.54) is 101 Å². The molecule has 2 amide bonds. The zero-order chi connectivity index (χ0) is 52.8. The van der Waals surface area contributed by atoms with Gasteiger partial charge in [-0.25, -0.2) is 9.18 Å². The predicted octanol–water partition coefficient (Wildman–Crippen LogP) is 10.1. The number of hydrogen-bond donors (Lipinski definition) is 8. The van der Waals surface area contributed by atoms with Crippen molar-refractivity contribution in [3.8, 4) is 17.2 Å². The maximum Gasteiger partial charge on any atom is 0.404 e. The number of unbranched alkanes of at least 4 members (excludes halogenated alkanes) is 19. The van der Waals surface area contributed by atoms with Crippen LogP contribution in [-0.4, -0.2) is 106 Å². The maximum absolute atomic E-state index is 13.1. The van der Waals surface area contributed by atoms with Crippen molar-refractivity contribution in [2.45, 2.75) is 217 Å². The van der Waals surface area contributed by atoms with E-state index in [2.05, 4.69) is 24.4 Å². The number of primary amides is 1. The van der Waals surface area contributed by atoms with E-state index in [4.69, 9.17) is 34.9 Å². The first-order chi connectivity index (χ1) is 34.9. The fourth-order valence-corrected chi connectivity index (χ4v) is 8.41. The van der Waals surface area contributed by atoms with Crippen molar-refractivity contribution in [2.24, 2.45) is 5.73 Å². The van der Waals surface area contributed by atoms with Gasteiger partial charge in [-0.3, -0.25) is 4.79 Å². The Morgan fingerprint density at radius 2 is 1.11 bits per heavy atom. The van der Waals surface area contributed by atoms with Gasteiger partial charge in [-0.1, -0.05) is 160 Å². The number of ether oxygens (including phenoxy) is 4. The van der Waals surface area contributed by atoms with Crippen LogP contribution in [0.3, 0.4) is 0 Å². The van der Waals surface area contributed by atoms with Crippen molar-refractivity contribution in [2.75, 3.05) is 20.3 Å². The molecular formula is C57H91FN2O12. The number of aliphatic hydroxyl groups excluding tert-OH is 6. The van der Waals surface area contributed by atoms with Gasteiger partial charge in [0.2, 0.25) is 12.2 Å². The van der Waals surface area contributed by atoms with Crippen LogP contribution in [0.1, 0.15) is 173 Å². The molecule has 1 aliphatic rings. The topological polar surface area (TPSA) is 230 Å². The van der Waals surface area contributed by atoms with Gasteiger partial charge < -0.3 is 60.6 Å². The SMILES string of the molecule is CCCCCCCCCCCCCCCC(O)[C@H](COC(N)=O)NC(=O)CCCCCCCCCCc1ccc(Oc2ccc(F)cc2)cc1.CCc1ccc(OC2OC(CO)C(O)C(O)C2O)cc1.CO. The van der Waals surface area contributed by atoms with Crippen molar-refractivity contribution in [3.05, 3.63) is 89.7 Å². The summed E-state index contributed by atoms with van der Waals surface area (Å²) in [6.45, 7) is 3.70. The molecule has 6 unspecified atom stereocenters. The number of rotatable bonds is 35. The molecule has 408 valence electrons. The summed E-state index contributed by atoms with van der Waals surface area (Å²) in [6.07, 6.45) is 20.1. The number of halogens is 1. The molecule has 0 bridgehead atoms. The fourth-order valence-electron chi connectivity index (χ4n) is 8.41. The highest BCUT2D eigenvalue weighted by atomic mass is 19.1. The molecule has 14 nitrogen and oxygen atoms in total. The molecule has 1 saturated heterocycles. The van der Waals surface area contributed by atoms with Crippen LogP contribution in [0.2, 0.25) is 0 Å². The molecule has 0 radical (unpaired) electrons. The van der Waals surface area contributed by atoms with Crippen LogP contribution in [0.15, 0.2) is 72.8 Å². The summed E-state index contributed by atoms with van der Waals surface area (Å²) in [7, 11) is 1.00. The molecule has 15 heteroatoms. The number of amides is 2. The second-order valence-corrected chi connectivity index (χ2v) is 18.7. The zero-order valence-electron chi connectivity index (χ0n) is 43.6. The van der Waals surface area contributed by atoms with Gasteiger partial charge in [0.05, 0.1) is 18.8 Å². The van der Waals surface area contributed by atoms with Crippen molar-refractivity contribution in [1.29, 1.82) is 0 Å². The van der Waals surface area contributed by atoms with E-state index in [0.717, 1.165) is 82.6 Å². The summed E-state index contributed by atoms with van der Waals surface area (Å²) in [5, 5.41) is 58.9. The third-order valence-corrected chi connectivity index (χ3v) is 12.8.